The van der Waals surface area contributed by atoms with Crippen molar-refractivity contribution in [1.82, 2.24) is 0 Å². The maximum absolute atomic E-state index is 11.3. The Morgan fingerprint density at radius 1 is 1.41 bits per heavy atom. The van der Waals surface area contributed by atoms with E-state index in [1.54, 1.807) is 0 Å². The first-order chi connectivity index (χ1) is 8.10. The fourth-order valence-corrected chi connectivity index (χ4v) is 1.88. The van der Waals surface area contributed by atoms with Gasteiger partial charge in [-0.05, 0) is 25.2 Å². The van der Waals surface area contributed by atoms with Crippen molar-refractivity contribution in [3.05, 3.63) is 0 Å². The van der Waals surface area contributed by atoms with Gasteiger partial charge >= 0.3 is 5.97 Å². The number of thiol groups is 1. The van der Waals surface area contributed by atoms with Crippen LogP contribution in [-0.4, -0.2) is 16.8 Å². The van der Waals surface area contributed by atoms with Gasteiger partial charge in [-0.25, -0.2) is 0 Å². The molecule has 0 amide bonds. The minimum absolute atomic E-state index is 0.154. The third-order valence-electron chi connectivity index (χ3n) is 2.69. The lowest BCUT2D eigenvalue weighted by molar-refractivity contribution is -0.143. The van der Waals surface area contributed by atoms with E-state index >= 15 is 0 Å². The number of hydrogen-bond donors (Lipinski definition) is 1. The highest BCUT2D eigenvalue weighted by Crippen LogP contribution is 2.14. The summed E-state index contributed by atoms with van der Waals surface area (Å²) in [5, 5.41) is 0. The average molecular weight is 295 g/mol. The molecule has 0 bridgehead atoms. The molecule has 0 aliphatic heterocycles. The number of thiocarbonyl (C=S) groups is 1. The van der Waals surface area contributed by atoms with Crippen LogP contribution in [-0.2, 0) is 9.53 Å². The summed E-state index contributed by atoms with van der Waals surface area (Å²) in [6.07, 6.45) is 5.48. The van der Waals surface area contributed by atoms with Crippen LogP contribution in [0.5, 0.6) is 0 Å². The summed E-state index contributed by atoms with van der Waals surface area (Å²) < 4.78 is 5.86. The number of rotatable bonds is 9. The molecule has 0 N–H and O–H groups in total. The molecule has 1 atom stereocenters. The van der Waals surface area contributed by atoms with Gasteiger partial charge in [0.1, 0.15) is 0 Å². The van der Waals surface area contributed by atoms with Crippen LogP contribution in [0, 0.1) is 5.92 Å². The third kappa shape index (κ3) is 11.1. The minimum Gasteiger partial charge on any atom is -0.466 e. The molecule has 5 heteroatoms. The fourth-order valence-electron chi connectivity index (χ4n) is 1.31. The normalized spacial score (nSPS) is 12.2. The Balaban J connectivity index is 3.36. The second kappa shape index (κ2) is 11.4. The summed E-state index contributed by atoms with van der Waals surface area (Å²) >= 11 is 8.92. The van der Waals surface area contributed by atoms with Gasteiger partial charge in [0.05, 0.1) is 17.2 Å². The summed E-state index contributed by atoms with van der Waals surface area (Å²) in [7, 11) is 1.22. The van der Waals surface area contributed by atoms with Gasteiger partial charge in [-0.3, -0.25) is 4.79 Å². The van der Waals surface area contributed by atoms with E-state index in [1.807, 2.05) is 0 Å². The molecule has 0 aliphatic rings. The van der Waals surface area contributed by atoms with Gasteiger partial charge in [-0.2, -0.15) is 0 Å². The van der Waals surface area contributed by atoms with Crippen molar-refractivity contribution in [1.29, 1.82) is 0 Å². The first kappa shape index (κ1) is 17.3. The molecule has 0 fully saturated rings. The zero-order valence-electron chi connectivity index (χ0n) is 10.6. The smallest absolute Gasteiger partial charge is 0.306 e. The Kier molecular flexibility index (Phi) is 11.5. The lowest BCUT2D eigenvalue weighted by atomic mass is 10.0. The Labute approximate surface area is 119 Å². The molecule has 0 rings (SSSR count). The van der Waals surface area contributed by atoms with Crippen LogP contribution in [0.15, 0.2) is 0 Å². The van der Waals surface area contributed by atoms with Gasteiger partial charge in [0, 0.05) is 0 Å². The average Bonchev–Trinajstić information content (AvgIpc) is 2.34. The third-order valence-corrected chi connectivity index (χ3v) is 4.58. The maximum atomic E-state index is 11.3. The number of esters is 1. The van der Waals surface area contributed by atoms with Crippen LogP contribution in [0.25, 0.3) is 0 Å². The summed E-state index contributed by atoms with van der Waals surface area (Å²) in [6.45, 7) is 4.99. The standard InChI is InChI=1S/C12H22O2S3/c1-3-10(2)6-4-5-9-14-11(13)7-8-12(15)17-16/h10,16H,3-9H2,1-2H3. The topological polar surface area (TPSA) is 26.3 Å². The number of carbonyl (C=O) groups is 1. The predicted molar refractivity (Wildman–Crippen MR) is 82.7 cm³/mol. The van der Waals surface area contributed by atoms with Crippen LogP contribution in [0.1, 0.15) is 52.4 Å². The van der Waals surface area contributed by atoms with Crippen LogP contribution >= 0.6 is 34.7 Å². The van der Waals surface area contributed by atoms with E-state index in [4.69, 9.17) is 17.0 Å². The van der Waals surface area contributed by atoms with Crippen molar-refractivity contribution in [2.75, 3.05) is 6.61 Å². The molecule has 0 aromatic heterocycles. The van der Waals surface area contributed by atoms with Gasteiger partial charge in [0.2, 0.25) is 0 Å². The first-order valence-electron chi connectivity index (χ1n) is 6.10. The quantitative estimate of drug-likeness (QED) is 0.224. The lowest BCUT2D eigenvalue weighted by Crippen LogP contribution is -2.07. The van der Waals surface area contributed by atoms with E-state index in [-0.39, 0.29) is 5.97 Å². The van der Waals surface area contributed by atoms with Gasteiger partial charge < -0.3 is 4.74 Å². The highest BCUT2D eigenvalue weighted by Gasteiger charge is 2.05. The Morgan fingerprint density at radius 2 is 2.12 bits per heavy atom. The monoisotopic (exact) mass is 294 g/mol. The SMILES string of the molecule is CCC(C)CCCCOC(=O)CCC(=S)SS. The van der Waals surface area contributed by atoms with E-state index < -0.39 is 0 Å². The minimum atomic E-state index is -0.154. The second-order valence-electron chi connectivity index (χ2n) is 4.19. The maximum Gasteiger partial charge on any atom is 0.306 e. The van der Waals surface area contributed by atoms with Crippen molar-refractivity contribution in [2.24, 2.45) is 5.92 Å². The largest absolute Gasteiger partial charge is 0.466 e. The predicted octanol–water partition coefficient (Wildman–Crippen LogP) is 4.43. The molecule has 0 spiro atoms. The fraction of sp³-hybridized carbons (Fsp3) is 0.833. The molecule has 0 radical (unpaired) electrons. The molecule has 0 heterocycles. The molecule has 0 saturated heterocycles. The molecule has 0 aromatic carbocycles. The first-order valence-corrected chi connectivity index (χ1v) is 8.37. The van der Waals surface area contributed by atoms with E-state index in [2.05, 4.69) is 25.5 Å². The molecule has 1 unspecified atom stereocenters. The highest BCUT2D eigenvalue weighted by molar-refractivity contribution is 8.76. The van der Waals surface area contributed by atoms with E-state index in [0.717, 1.165) is 23.0 Å². The van der Waals surface area contributed by atoms with Crippen LogP contribution < -0.4 is 0 Å². The number of carbonyl (C=O) groups excluding carboxylic acids is 1. The molecular weight excluding hydrogens is 272 g/mol. The zero-order valence-corrected chi connectivity index (χ0v) is 13.1. The van der Waals surface area contributed by atoms with Crippen molar-refractivity contribution in [2.45, 2.75) is 52.4 Å². The molecule has 100 valence electrons. The van der Waals surface area contributed by atoms with Crippen LogP contribution in [0.4, 0.5) is 0 Å². The van der Waals surface area contributed by atoms with E-state index in [9.17, 15) is 4.79 Å². The van der Waals surface area contributed by atoms with E-state index in [1.165, 1.54) is 23.6 Å². The van der Waals surface area contributed by atoms with Crippen molar-refractivity contribution < 1.29 is 9.53 Å². The van der Waals surface area contributed by atoms with Crippen molar-refractivity contribution in [3.8, 4) is 0 Å². The molecule has 17 heavy (non-hydrogen) atoms. The summed E-state index contributed by atoms with van der Waals surface area (Å²) in [6, 6.07) is 0. The lowest BCUT2D eigenvalue weighted by Gasteiger charge is -2.08. The number of unbranched alkanes of at least 4 members (excludes halogenated alkanes) is 1. The summed E-state index contributed by atoms with van der Waals surface area (Å²) in [4.78, 5) is 11.3. The second-order valence-corrected chi connectivity index (χ2v) is 6.17. The van der Waals surface area contributed by atoms with Gasteiger partial charge in [-0.1, -0.05) is 49.7 Å². The summed E-state index contributed by atoms with van der Waals surface area (Å²) in [5.74, 6) is 0.619. The molecular formula is C12H22O2S3. The van der Waals surface area contributed by atoms with Crippen molar-refractivity contribution >= 4 is 44.8 Å². The summed E-state index contributed by atoms with van der Waals surface area (Å²) in [5.41, 5.74) is 0. The van der Waals surface area contributed by atoms with E-state index in [0.29, 0.717) is 19.4 Å². The van der Waals surface area contributed by atoms with Gasteiger partial charge in [0.15, 0.2) is 0 Å². The Morgan fingerprint density at radius 3 is 2.71 bits per heavy atom. The number of hydrogen-bond acceptors (Lipinski definition) is 5. The molecule has 0 aliphatic carbocycles. The van der Waals surface area contributed by atoms with Gasteiger partial charge in [-0.15, -0.1) is 11.7 Å². The van der Waals surface area contributed by atoms with Crippen LogP contribution in [0.2, 0.25) is 0 Å². The van der Waals surface area contributed by atoms with Crippen molar-refractivity contribution in [3.63, 3.8) is 0 Å². The Hall–Kier alpha value is 0.260. The number of ether oxygens (including phenoxy) is 1. The van der Waals surface area contributed by atoms with Gasteiger partial charge in [0.25, 0.3) is 0 Å². The zero-order chi connectivity index (χ0) is 13.1. The van der Waals surface area contributed by atoms with Crippen LogP contribution in [0.3, 0.4) is 0 Å². The molecule has 0 aromatic rings. The highest BCUT2D eigenvalue weighted by atomic mass is 33.1. The Bertz CT molecular complexity index is 232. The molecule has 2 nitrogen and oxygen atoms in total. The molecule has 0 saturated carbocycles.